The number of fused-ring (bicyclic) bond motifs is 1. The lowest BCUT2D eigenvalue weighted by molar-refractivity contribution is 0.0525. The Balaban J connectivity index is 1.73. The normalized spacial score (nSPS) is 13.8. The third-order valence-electron chi connectivity index (χ3n) is 7.34. The van der Waals surface area contributed by atoms with Crippen molar-refractivity contribution in [2.45, 2.75) is 26.2 Å². The minimum atomic E-state index is -0.543. The topological polar surface area (TPSA) is 64.0 Å². The molecule has 40 heavy (non-hydrogen) atoms. The monoisotopic (exact) mass is 603 g/mol. The number of methoxy groups -OCH3 is 1. The summed E-state index contributed by atoms with van der Waals surface area (Å²) in [5, 5.41) is 0.592. The molecule has 1 aliphatic heterocycles. The molecular weight excluding hydrogens is 570 g/mol. The second kappa shape index (κ2) is 12.7. The standard InChI is InChI=1S/C32H34BrN3O4/c1-3-40-32(38)29-25-21-28(39-2)26(33)22-27(25)36(24-15-9-5-10-16-24)30(29)31(37)35(23-13-7-4-8-14-23)20-19-34-17-11-6-12-18-34/h4-5,7-10,13-16,21-22H,3,6,11-12,17-20H2,1-2H3. The van der Waals surface area contributed by atoms with Crippen molar-refractivity contribution in [3.05, 3.63) is 88.5 Å². The molecule has 7 nitrogen and oxygen atoms in total. The van der Waals surface area contributed by atoms with Crippen LogP contribution in [0.5, 0.6) is 5.75 Å². The highest BCUT2D eigenvalue weighted by molar-refractivity contribution is 9.10. The summed E-state index contributed by atoms with van der Waals surface area (Å²) >= 11 is 3.60. The summed E-state index contributed by atoms with van der Waals surface area (Å²) < 4.78 is 13.7. The molecule has 1 aromatic heterocycles. The van der Waals surface area contributed by atoms with E-state index >= 15 is 0 Å². The maximum absolute atomic E-state index is 14.8. The number of benzene rings is 3. The number of hydrogen-bond donors (Lipinski definition) is 0. The minimum Gasteiger partial charge on any atom is -0.496 e. The van der Waals surface area contributed by atoms with Gasteiger partial charge in [0, 0.05) is 29.9 Å². The van der Waals surface area contributed by atoms with Crippen LogP contribution in [-0.2, 0) is 4.74 Å². The van der Waals surface area contributed by atoms with Crippen molar-refractivity contribution < 1.29 is 19.1 Å². The van der Waals surface area contributed by atoms with Gasteiger partial charge in [0.25, 0.3) is 5.91 Å². The zero-order chi connectivity index (χ0) is 28.1. The Labute approximate surface area is 243 Å². The third kappa shape index (κ3) is 5.64. The Bertz CT molecular complexity index is 1480. The van der Waals surface area contributed by atoms with Crippen LogP contribution in [-0.4, -0.2) is 61.2 Å². The van der Waals surface area contributed by atoms with E-state index in [-0.39, 0.29) is 23.8 Å². The van der Waals surface area contributed by atoms with Crippen molar-refractivity contribution in [2.75, 3.05) is 44.8 Å². The van der Waals surface area contributed by atoms with E-state index in [0.29, 0.717) is 23.2 Å². The quantitative estimate of drug-likeness (QED) is 0.199. The number of piperidine rings is 1. The molecule has 0 bridgehead atoms. The molecule has 1 saturated heterocycles. The molecule has 0 N–H and O–H groups in total. The Morgan fingerprint density at radius 3 is 2.27 bits per heavy atom. The number of esters is 1. The van der Waals surface area contributed by atoms with E-state index in [0.717, 1.165) is 35.5 Å². The number of aromatic nitrogens is 1. The fourth-order valence-corrected chi connectivity index (χ4v) is 5.90. The predicted molar refractivity (Wildman–Crippen MR) is 162 cm³/mol. The fraction of sp³-hybridized carbons (Fsp3) is 0.312. The minimum absolute atomic E-state index is 0.190. The molecule has 5 rings (SSSR count). The molecule has 1 fully saturated rings. The van der Waals surface area contributed by atoms with Crippen LogP contribution in [0.4, 0.5) is 5.69 Å². The van der Waals surface area contributed by atoms with Gasteiger partial charge in [-0.05, 0) is 85.2 Å². The number of anilines is 1. The molecule has 208 valence electrons. The van der Waals surface area contributed by atoms with Crippen LogP contribution in [0.15, 0.2) is 77.3 Å². The molecule has 2 heterocycles. The van der Waals surface area contributed by atoms with E-state index in [1.807, 2.05) is 71.3 Å². The number of para-hydroxylation sites is 2. The Morgan fingerprint density at radius 2 is 1.62 bits per heavy atom. The number of halogens is 1. The molecule has 0 aliphatic carbocycles. The van der Waals surface area contributed by atoms with Gasteiger partial charge in [0.05, 0.1) is 29.3 Å². The van der Waals surface area contributed by atoms with Crippen molar-refractivity contribution in [1.29, 1.82) is 0 Å². The highest BCUT2D eigenvalue weighted by Gasteiger charge is 2.33. The lowest BCUT2D eigenvalue weighted by Crippen LogP contribution is -2.41. The van der Waals surface area contributed by atoms with E-state index < -0.39 is 5.97 Å². The molecule has 8 heteroatoms. The zero-order valence-corrected chi connectivity index (χ0v) is 24.5. The van der Waals surface area contributed by atoms with Gasteiger partial charge < -0.3 is 23.8 Å². The second-order valence-corrected chi connectivity index (χ2v) is 10.7. The van der Waals surface area contributed by atoms with E-state index in [1.165, 1.54) is 19.3 Å². The first kappa shape index (κ1) is 27.9. The molecule has 0 radical (unpaired) electrons. The fourth-order valence-electron chi connectivity index (χ4n) is 5.41. The summed E-state index contributed by atoms with van der Waals surface area (Å²) in [5.74, 6) is -0.243. The smallest absolute Gasteiger partial charge is 0.341 e. The van der Waals surface area contributed by atoms with E-state index in [4.69, 9.17) is 9.47 Å². The van der Waals surface area contributed by atoms with Crippen LogP contribution in [0.1, 0.15) is 47.0 Å². The van der Waals surface area contributed by atoms with Gasteiger partial charge in [0.2, 0.25) is 0 Å². The van der Waals surface area contributed by atoms with Gasteiger partial charge in [0.1, 0.15) is 11.4 Å². The maximum Gasteiger partial charge on any atom is 0.341 e. The third-order valence-corrected chi connectivity index (χ3v) is 7.96. The molecule has 0 saturated carbocycles. The average Bonchev–Trinajstić information content (AvgIpc) is 3.32. The predicted octanol–water partition coefficient (Wildman–Crippen LogP) is 6.71. The van der Waals surface area contributed by atoms with E-state index in [9.17, 15) is 9.59 Å². The number of carbonyl (C=O) groups excluding carboxylic acids is 2. The van der Waals surface area contributed by atoms with Crippen molar-refractivity contribution >= 4 is 44.4 Å². The van der Waals surface area contributed by atoms with Gasteiger partial charge in [-0.3, -0.25) is 4.79 Å². The van der Waals surface area contributed by atoms with Crippen LogP contribution in [0, 0.1) is 0 Å². The molecule has 3 aromatic carbocycles. The van der Waals surface area contributed by atoms with Crippen LogP contribution < -0.4 is 9.64 Å². The molecule has 0 unspecified atom stereocenters. The summed E-state index contributed by atoms with van der Waals surface area (Å²) in [6.07, 6.45) is 3.59. The summed E-state index contributed by atoms with van der Waals surface area (Å²) in [4.78, 5) is 32.6. The Hall–Kier alpha value is -3.62. The van der Waals surface area contributed by atoms with Gasteiger partial charge >= 0.3 is 5.97 Å². The number of ether oxygens (including phenoxy) is 2. The average molecular weight is 605 g/mol. The first-order chi connectivity index (χ1) is 19.5. The van der Waals surface area contributed by atoms with E-state index in [2.05, 4.69) is 20.8 Å². The van der Waals surface area contributed by atoms with Crippen LogP contribution >= 0.6 is 15.9 Å². The van der Waals surface area contributed by atoms with E-state index in [1.54, 1.807) is 25.0 Å². The number of nitrogens with zero attached hydrogens (tertiary/aromatic N) is 3. The number of rotatable bonds is 9. The van der Waals surface area contributed by atoms with Crippen LogP contribution in [0.3, 0.4) is 0 Å². The van der Waals surface area contributed by atoms with Crippen molar-refractivity contribution in [3.8, 4) is 11.4 Å². The summed E-state index contributed by atoms with van der Waals surface area (Å²) in [5.41, 5.74) is 2.75. The lowest BCUT2D eigenvalue weighted by Gasteiger charge is -2.30. The number of amides is 1. The van der Waals surface area contributed by atoms with Gasteiger partial charge in [-0.25, -0.2) is 4.79 Å². The summed E-state index contributed by atoms with van der Waals surface area (Å²) in [6.45, 7) is 5.26. The summed E-state index contributed by atoms with van der Waals surface area (Å²) in [6, 6.07) is 23.0. The van der Waals surface area contributed by atoms with Crippen molar-refractivity contribution in [2.24, 2.45) is 0 Å². The van der Waals surface area contributed by atoms with Gasteiger partial charge in [-0.15, -0.1) is 0 Å². The largest absolute Gasteiger partial charge is 0.496 e. The van der Waals surface area contributed by atoms with Crippen LogP contribution in [0.2, 0.25) is 0 Å². The zero-order valence-electron chi connectivity index (χ0n) is 22.9. The molecule has 1 amide bonds. The Morgan fingerprint density at radius 1 is 0.950 bits per heavy atom. The highest BCUT2D eigenvalue weighted by atomic mass is 79.9. The maximum atomic E-state index is 14.8. The molecule has 0 spiro atoms. The number of likely N-dealkylation sites (tertiary alicyclic amines) is 1. The second-order valence-electron chi connectivity index (χ2n) is 9.81. The molecular formula is C32H34BrN3O4. The summed E-state index contributed by atoms with van der Waals surface area (Å²) in [7, 11) is 1.58. The van der Waals surface area contributed by atoms with Crippen LogP contribution in [0.25, 0.3) is 16.6 Å². The van der Waals surface area contributed by atoms with Gasteiger partial charge in [0.15, 0.2) is 0 Å². The lowest BCUT2D eigenvalue weighted by atomic mass is 10.1. The molecule has 1 aliphatic rings. The van der Waals surface area contributed by atoms with Crippen molar-refractivity contribution in [3.63, 3.8) is 0 Å². The first-order valence-corrected chi connectivity index (χ1v) is 14.6. The van der Waals surface area contributed by atoms with Crippen molar-refractivity contribution in [1.82, 2.24) is 9.47 Å². The van der Waals surface area contributed by atoms with Gasteiger partial charge in [-0.1, -0.05) is 42.8 Å². The first-order valence-electron chi connectivity index (χ1n) is 13.8. The SMILES string of the molecule is CCOC(=O)c1c(C(=O)N(CCN2CCCCC2)c2ccccc2)n(-c2ccccc2)c2cc(Br)c(OC)cc12. The molecule has 0 atom stereocenters. The Kier molecular flexibility index (Phi) is 8.87. The number of carbonyl (C=O) groups is 2. The molecule has 4 aromatic rings. The number of hydrogen-bond acceptors (Lipinski definition) is 5. The van der Waals surface area contributed by atoms with Gasteiger partial charge in [-0.2, -0.15) is 0 Å². The highest BCUT2D eigenvalue weighted by Crippen LogP contribution is 2.38.